The van der Waals surface area contributed by atoms with Gasteiger partial charge in [-0.25, -0.2) is 0 Å². The molecule has 0 radical (unpaired) electrons. The van der Waals surface area contributed by atoms with E-state index in [2.05, 4.69) is 0 Å². The van der Waals surface area contributed by atoms with Crippen LogP contribution in [-0.4, -0.2) is 17.5 Å². The molecule has 0 amide bonds. The zero-order valence-corrected chi connectivity index (χ0v) is 9.32. The van der Waals surface area contributed by atoms with Crippen LogP contribution in [0.15, 0.2) is 0 Å². The summed E-state index contributed by atoms with van der Waals surface area (Å²) in [6.07, 6.45) is 0. The summed E-state index contributed by atoms with van der Waals surface area (Å²) in [5.41, 5.74) is 0. The summed E-state index contributed by atoms with van der Waals surface area (Å²) in [5, 5.41) is 0. The zero-order chi connectivity index (χ0) is 7.21. The fourth-order valence-corrected chi connectivity index (χ4v) is 0. The maximum atomic E-state index is 8.52. The van der Waals surface area contributed by atoms with E-state index >= 15 is 0 Å². The minimum Gasteiger partial charge on any atom is -0.772 e. The molecule has 0 fully saturated rings. The Hall–Kier alpha value is 1.42. The van der Waals surface area contributed by atoms with Gasteiger partial charge in [-0.2, -0.15) is 0 Å². The fraction of sp³-hybridized carbons (Fsp3) is 0. The smallest absolute Gasteiger partial charge is 0.772 e. The van der Waals surface area contributed by atoms with Gasteiger partial charge in [-0.05, 0) is 0 Å². The molecule has 0 saturated heterocycles. The van der Waals surface area contributed by atoms with Crippen molar-refractivity contribution in [2.24, 2.45) is 0 Å². The van der Waals surface area contributed by atoms with Gasteiger partial charge in [0.05, 0.1) is 8.69 Å². The maximum absolute atomic E-state index is 8.52. The zero-order valence-electron chi connectivity index (χ0n) is 4.62. The van der Waals surface area contributed by atoms with Crippen LogP contribution in [0.3, 0.4) is 0 Å². The maximum Gasteiger partial charge on any atom is 2.00 e. The van der Waals surface area contributed by atoms with Crippen LogP contribution in [0.25, 0.3) is 0 Å². The van der Waals surface area contributed by atoms with Gasteiger partial charge in [-0.15, -0.1) is 0 Å². The fourth-order valence-electron chi connectivity index (χ4n) is 0. The van der Waals surface area contributed by atoms with Gasteiger partial charge in [0.15, 0.2) is 0 Å². The first kappa shape index (κ1) is 22.5. The van der Waals surface area contributed by atoms with Gasteiger partial charge in [0.2, 0.25) is 0 Å². The minimum atomic E-state index is -5.17. The predicted molar refractivity (Wildman–Crippen MR) is 18.1 cm³/mol. The van der Waals surface area contributed by atoms with Crippen molar-refractivity contribution in [3.8, 4) is 0 Å². The average Bonchev–Trinajstić information content (AvgIpc) is 1.27. The molecule has 0 saturated carbocycles. The van der Waals surface area contributed by atoms with E-state index in [9.17, 15) is 0 Å². The Morgan fingerprint density at radius 2 is 1.20 bits per heavy atom. The van der Waals surface area contributed by atoms with Crippen molar-refractivity contribution >= 4 is 19.1 Å². The van der Waals surface area contributed by atoms with Crippen LogP contribution in [-0.2, 0) is 31.5 Å². The molecule has 0 unspecified atom stereocenters. The van der Waals surface area contributed by atoms with Crippen molar-refractivity contribution in [3.63, 3.8) is 0 Å². The van der Waals surface area contributed by atoms with E-state index in [0.29, 0.717) is 0 Å². The van der Waals surface area contributed by atoms with E-state index in [1.54, 1.807) is 0 Å². The van der Waals surface area contributed by atoms with Gasteiger partial charge in [-0.3, -0.25) is 13.0 Å². The van der Waals surface area contributed by atoms with Gasteiger partial charge in [0.25, 0.3) is 0 Å². The Labute approximate surface area is 91.5 Å². The van der Waals surface area contributed by atoms with Crippen LogP contribution in [0.1, 0.15) is 0 Å². The molecular weight excluding hydrogens is 241 g/mol. The molecule has 0 N–H and O–H groups in total. The van der Waals surface area contributed by atoms with Crippen molar-refractivity contribution in [1.29, 1.82) is 0 Å². The summed E-state index contributed by atoms with van der Waals surface area (Å²) in [7, 11) is -6.25. The molecule has 0 aliphatic heterocycles. The summed E-state index contributed by atoms with van der Waals surface area (Å²) in [5.74, 6) is 0. The van der Waals surface area contributed by atoms with E-state index < -0.39 is 19.1 Å². The normalized spacial score (nSPS) is 7.90. The molecule has 58 valence electrons. The van der Waals surface area contributed by atoms with Crippen LogP contribution < -0.4 is 34.5 Å². The van der Waals surface area contributed by atoms with Gasteiger partial charge in [0.1, 0.15) is 0 Å². The quantitative estimate of drug-likeness (QED) is 0.181. The Balaban J connectivity index is -0.0000000326. The number of hydrogen-bond acceptors (Lipinski definition) is 6. The van der Waals surface area contributed by atoms with Crippen LogP contribution in [0.5, 0.6) is 0 Å². The first-order valence-corrected chi connectivity index (χ1v) is 3.10. The van der Waals surface area contributed by atoms with Crippen LogP contribution in [0, 0.1) is 0 Å². The van der Waals surface area contributed by atoms with E-state index in [0.717, 1.165) is 0 Å². The second-order valence-electron chi connectivity index (χ2n) is 0.483. The molecule has 0 aliphatic rings. The standard InChI is InChI=1S/Na.Ni.H2O4S.HO2P/c;;1-5(2,3)4;1-3-2/h;;(H2,1,2,3,4);(H,1,2)/q+1;+2;;/p-3. The molecule has 6 nitrogen and oxygen atoms in total. The molecule has 0 spiro atoms. The summed E-state index contributed by atoms with van der Waals surface area (Å²) in [6, 6.07) is 0. The molecule has 0 atom stereocenters. The molecular formula is NaNiO6PS. The third kappa shape index (κ3) is 330. The number of hydrogen-bond donors (Lipinski definition) is 0. The SMILES string of the molecule is O=P[O-].O=S(=O)([O-])[O-].[Na+].[Ni+2]. The molecule has 0 bridgehead atoms. The monoisotopic (exact) mass is 240 g/mol. The van der Waals surface area contributed by atoms with E-state index in [1.165, 1.54) is 0 Å². The van der Waals surface area contributed by atoms with Gasteiger partial charge in [-0.1, -0.05) is 0 Å². The molecule has 0 aromatic carbocycles. The van der Waals surface area contributed by atoms with Crippen molar-refractivity contribution in [2.45, 2.75) is 0 Å². The van der Waals surface area contributed by atoms with E-state index in [-0.39, 0.29) is 46.0 Å². The summed E-state index contributed by atoms with van der Waals surface area (Å²) in [6.45, 7) is 0. The van der Waals surface area contributed by atoms with Crippen molar-refractivity contribution in [2.75, 3.05) is 0 Å². The van der Waals surface area contributed by atoms with Crippen LogP contribution in [0.4, 0.5) is 0 Å². The molecule has 0 rings (SSSR count). The Bertz CT molecular complexity index is 132. The van der Waals surface area contributed by atoms with Crippen LogP contribution >= 0.6 is 8.69 Å². The van der Waals surface area contributed by atoms with E-state index in [4.69, 9.17) is 27.0 Å². The minimum absolute atomic E-state index is 0. The van der Waals surface area contributed by atoms with Crippen LogP contribution in [0.2, 0.25) is 0 Å². The molecule has 10 heavy (non-hydrogen) atoms. The summed E-state index contributed by atoms with van der Waals surface area (Å²) >= 11 is 0. The second kappa shape index (κ2) is 13.0. The van der Waals surface area contributed by atoms with Crippen molar-refractivity contribution in [3.05, 3.63) is 0 Å². The topological polar surface area (TPSA) is 120 Å². The third-order valence-electron chi connectivity index (χ3n) is 0. The summed E-state index contributed by atoms with van der Waals surface area (Å²) < 4.78 is 42.4. The molecule has 0 aliphatic carbocycles. The second-order valence-corrected chi connectivity index (χ2v) is 1.45. The van der Waals surface area contributed by atoms with Crippen molar-refractivity contribution < 1.29 is 73.0 Å². The molecule has 0 aromatic rings. The van der Waals surface area contributed by atoms with Gasteiger partial charge >= 0.3 is 46.0 Å². The number of rotatable bonds is 0. The predicted octanol–water partition coefficient (Wildman–Crippen LogP) is -4.78. The van der Waals surface area contributed by atoms with E-state index in [1.807, 2.05) is 0 Å². The molecule has 0 aromatic heterocycles. The van der Waals surface area contributed by atoms with Gasteiger partial charge in [0, 0.05) is 10.4 Å². The van der Waals surface area contributed by atoms with Crippen molar-refractivity contribution in [1.82, 2.24) is 0 Å². The largest absolute Gasteiger partial charge is 2.00 e. The molecule has 0 heterocycles. The Morgan fingerprint density at radius 3 is 1.20 bits per heavy atom. The molecule has 10 heteroatoms. The summed E-state index contributed by atoms with van der Waals surface area (Å²) in [4.78, 5) is 8.35. The first-order chi connectivity index (χ1) is 3.41. The van der Waals surface area contributed by atoms with Gasteiger partial charge < -0.3 is 14.0 Å². The third-order valence-corrected chi connectivity index (χ3v) is 0. The Morgan fingerprint density at radius 1 is 1.20 bits per heavy atom. The Kier molecular flexibility index (Phi) is 29.4. The average molecular weight is 241 g/mol. The first-order valence-electron chi connectivity index (χ1n) is 1.03.